The molecule has 2 aromatic rings. The number of fused-ring (bicyclic) bond motifs is 9. The van der Waals surface area contributed by atoms with E-state index in [0.29, 0.717) is 16.7 Å². The number of rotatable bonds is 4. The van der Waals surface area contributed by atoms with E-state index in [4.69, 9.17) is 58.5 Å². The molecule has 2 bridgehead atoms. The van der Waals surface area contributed by atoms with Crippen LogP contribution in [0.4, 0.5) is 4.79 Å². The molecule has 13 nitrogen and oxygen atoms in total. The molecule has 0 saturated carbocycles. The smallest absolute Gasteiger partial charge is 0.410 e. The van der Waals surface area contributed by atoms with Crippen LogP contribution in [0.5, 0.6) is 28.7 Å². The van der Waals surface area contributed by atoms with Gasteiger partial charge in [-0.2, -0.15) is 5.26 Å². The molecular weight excluding hydrogens is 669 g/mol. The number of alkyl halides is 3. The molecule has 1 amide bonds. The average molecular weight is 699 g/mol. The maximum Gasteiger partial charge on any atom is 0.410 e. The molecule has 0 unspecified atom stereocenters. The number of aliphatic hydroxyl groups is 1. The number of ether oxygens (including phenoxy) is 5. The molecule has 0 aliphatic carbocycles. The van der Waals surface area contributed by atoms with Crippen LogP contribution in [0.15, 0.2) is 6.07 Å². The predicted molar refractivity (Wildman–Crippen MR) is 161 cm³/mol. The third-order valence-corrected chi connectivity index (χ3v) is 9.39. The molecule has 3 N–H and O–H groups in total. The Morgan fingerprint density at radius 2 is 1.80 bits per heavy atom. The van der Waals surface area contributed by atoms with Crippen LogP contribution in [-0.4, -0.2) is 86.2 Å². The van der Waals surface area contributed by atoms with E-state index in [1.165, 1.54) is 18.9 Å². The quantitative estimate of drug-likeness (QED) is 0.308. The number of nitriles is 1. The number of aliphatic hydroxyl groups excluding tert-OH is 1. The summed E-state index contributed by atoms with van der Waals surface area (Å²) in [5, 5.41) is 46.2. The minimum absolute atomic E-state index is 0.0376. The number of nitrogens with zero attached hydrogens (tertiary/aromatic N) is 3. The van der Waals surface area contributed by atoms with Crippen molar-refractivity contribution in [1.82, 2.24) is 9.80 Å². The van der Waals surface area contributed by atoms with Gasteiger partial charge in [0.2, 0.25) is 10.6 Å². The zero-order valence-corrected chi connectivity index (χ0v) is 27.3. The van der Waals surface area contributed by atoms with Crippen LogP contribution < -0.4 is 14.2 Å². The van der Waals surface area contributed by atoms with Crippen molar-refractivity contribution in [2.75, 3.05) is 27.1 Å². The fraction of sp³-hybridized carbons (Fsp3) is 0.500. The van der Waals surface area contributed by atoms with Gasteiger partial charge >= 0.3 is 12.1 Å². The third kappa shape index (κ3) is 4.89. The lowest BCUT2D eigenvalue weighted by Gasteiger charge is -2.60. The monoisotopic (exact) mass is 697 g/mol. The SMILES string of the molecule is COc1c(C)cc2c(c1O)[C@@H]1[C@@H]3[C@@H](O)c4c(O)c(C)c5c(c4[C@H](COC(C)=O)N3[C@@H](C#N)[C@H](C2)N1C(=O)OCC(Cl)(Cl)Cl)OCO5. The number of benzene rings is 2. The Morgan fingerprint density at radius 3 is 2.43 bits per heavy atom. The van der Waals surface area contributed by atoms with E-state index >= 15 is 0 Å². The molecule has 1 fully saturated rings. The van der Waals surface area contributed by atoms with Gasteiger partial charge in [-0.1, -0.05) is 40.9 Å². The van der Waals surface area contributed by atoms with Gasteiger partial charge in [-0.15, -0.1) is 0 Å². The number of halogens is 3. The molecule has 246 valence electrons. The molecule has 1 saturated heterocycles. The second-order valence-electron chi connectivity index (χ2n) is 11.6. The van der Waals surface area contributed by atoms with Gasteiger partial charge in [-0.05, 0) is 31.4 Å². The van der Waals surface area contributed by atoms with E-state index in [0.717, 1.165) is 0 Å². The van der Waals surface area contributed by atoms with Gasteiger partial charge in [-0.25, -0.2) is 4.79 Å². The van der Waals surface area contributed by atoms with Crippen molar-refractivity contribution in [3.8, 4) is 34.8 Å². The largest absolute Gasteiger partial charge is 0.507 e. The summed E-state index contributed by atoms with van der Waals surface area (Å²) in [6.07, 6.45) is -2.49. The number of phenols is 2. The lowest BCUT2D eigenvalue weighted by atomic mass is 9.70. The standard InChI is InChI=1S/C30H30Cl3N3O10/c1-11-5-14-6-15-16(7-34)35-17(8-43-13(3)37)19-20(23(38)12(2)27-28(19)46-10-45-27)24(39)22(35)21(18(14)25(40)26(11)42-4)36(15)29(41)44-9-30(31,32)33/h5,15-17,21-22,24,38-40H,6,8-10H2,1-4H3/t15-,16-,17-,21+,22+,24-/m0/s1. The van der Waals surface area contributed by atoms with Gasteiger partial charge in [0.15, 0.2) is 23.0 Å². The third-order valence-electron chi connectivity index (χ3n) is 9.06. The van der Waals surface area contributed by atoms with Crippen LogP contribution in [0, 0.1) is 25.2 Å². The Balaban J connectivity index is 1.64. The highest BCUT2D eigenvalue weighted by Gasteiger charge is 2.62. The Bertz CT molecular complexity index is 1680. The number of piperazine rings is 1. The van der Waals surface area contributed by atoms with Crippen LogP contribution >= 0.6 is 34.8 Å². The molecule has 6 atom stereocenters. The number of aryl methyl sites for hydroxylation is 1. The number of methoxy groups -OCH3 is 1. The maximum absolute atomic E-state index is 13.9. The first-order valence-corrected chi connectivity index (χ1v) is 15.4. The highest BCUT2D eigenvalue weighted by molar-refractivity contribution is 6.67. The zero-order chi connectivity index (χ0) is 33.4. The van der Waals surface area contributed by atoms with Gasteiger partial charge in [0.25, 0.3) is 0 Å². The lowest BCUT2D eigenvalue weighted by molar-refractivity contribution is -0.151. The van der Waals surface area contributed by atoms with Gasteiger partial charge in [0, 0.05) is 29.2 Å². The van der Waals surface area contributed by atoms with Crippen LogP contribution in [0.25, 0.3) is 0 Å². The number of carbonyl (C=O) groups excluding carboxylic acids is 2. The molecule has 16 heteroatoms. The van der Waals surface area contributed by atoms with Crippen molar-refractivity contribution in [3.63, 3.8) is 0 Å². The first-order chi connectivity index (χ1) is 21.7. The van der Waals surface area contributed by atoms with Gasteiger partial charge in [-0.3, -0.25) is 14.6 Å². The second-order valence-corrected chi connectivity index (χ2v) is 14.1. The van der Waals surface area contributed by atoms with E-state index in [1.807, 2.05) is 0 Å². The van der Waals surface area contributed by atoms with Crippen LogP contribution in [0.2, 0.25) is 0 Å². The first-order valence-electron chi connectivity index (χ1n) is 14.3. The van der Waals surface area contributed by atoms with E-state index in [9.17, 15) is 30.2 Å². The van der Waals surface area contributed by atoms with Crippen molar-refractivity contribution < 1.29 is 48.6 Å². The summed E-state index contributed by atoms with van der Waals surface area (Å²) in [6.45, 7) is 3.46. The summed E-state index contributed by atoms with van der Waals surface area (Å²) in [6, 6.07) is -1.40. The van der Waals surface area contributed by atoms with Crippen molar-refractivity contribution in [3.05, 3.63) is 39.4 Å². The normalized spacial score (nSPS) is 25.9. The predicted octanol–water partition coefficient (Wildman–Crippen LogP) is 4.15. The van der Waals surface area contributed by atoms with Crippen LogP contribution in [0.3, 0.4) is 0 Å². The molecule has 0 radical (unpaired) electrons. The highest BCUT2D eigenvalue weighted by Crippen LogP contribution is 2.61. The molecule has 4 heterocycles. The minimum Gasteiger partial charge on any atom is -0.507 e. The van der Waals surface area contributed by atoms with Crippen molar-refractivity contribution in [1.29, 1.82) is 5.26 Å². The van der Waals surface area contributed by atoms with E-state index in [-0.39, 0.29) is 65.3 Å². The fourth-order valence-corrected chi connectivity index (χ4v) is 7.59. The van der Waals surface area contributed by atoms with Gasteiger partial charge < -0.3 is 39.0 Å². The Hall–Kier alpha value is -3.54. The number of esters is 1. The number of phenolic OH excluding ortho intramolecular Hbond substituents is 2. The topological polar surface area (TPSA) is 171 Å². The second kappa shape index (κ2) is 11.6. The first kappa shape index (κ1) is 32.4. The van der Waals surface area contributed by atoms with Crippen molar-refractivity contribution in [2.24, 2.45) is 0 Å². The van der Waals surface area contributed by atoms with Crippen LogP contribution in [-0.2, 0) is 20.7 Å². The number of carbonyl (C=O) groups is 2. The molecule has 2 aromatic carbocycles. The van der Waals surface area contributed by atoms with E-state index in [1.54, 1.807) is 24.8 Å². The summed E-state index contributed by atoms with van der Waals surface area (Å²) in [7, 11) is 1.39. The summed E-state index contributed by atoms with van der Waals surface area (Å²) in [5.41, 5.74) is 2.06. The summed E-state index contributed by atoms with van der Waals surface area (Å²) >= 11 is 17.7. The summed E-state index contributed by atoms with van der Waals surface area (Å²) < 4.78 is 25.9. The summed E-state index contributed by atoms with van der Waals surface area (Å²) in [4.78, 5) is 28.9. The van der Waals surface area contributed by atoms with Gasteiger partial charge in [0.1, 0.15) is 31.1 Å². The molecule has 4 aliphatic heterocycles. The van der Waals surface area contributed by atoms with Crippen molar-refractivity contribution in [2.45, 2.75) is 67.3 Å². The average Bonchev–Trinajstić information content (AvgIpc) is 3.47. The minimum atomic E-state index is -1.95. The van der Waals surface area contributed by atoms with Gasteiger partial charge in [0.05, 0.1) is 37.3 Å². The fourth-order valence-electron chi connectivity index (χ4n) is 7.43. The Kier molecular flexibility index (Phi) is 8.18. The maximum atomic E-state index is 13.9. The highest BCUT2D eigenvalue weighted by atomic mass is 35.6. The van der Waals surface area contributed by atoms with E-state index in [2.05, 4.69) is 6.07 Å². The molecule has 4 aliphatic rings. The Morgan fingerprint density at radius 1 is 1.11 bits per heavy atom. The zero-order valence-electron chi connectivity index (χ0n) is 25.0. The van der Waals surface area contributed by atoms with E-state index < -0.39 is 58.8 Å². The number of aromatic hydroxyl groups is 2. The molecule has 0 aromatic heterocycles. The molecule has 6 rings (SSSR count). The number of hydrogen-bond donors (Lipinski definition) is 3. The molecule has 0 spiro atoms. The molecular formula is C30H30Cl3N3O10. The lowest BCUT2D eigenvalue weighted by Crippen LogP contribution is -2.71. The number of amides is 1. The van der Waals surface area contributed by atoms with Crippen molar-refractivity contribution >= 4 is 46.9 Å². The number of hydrogen-bond acceptors (Lipinski definition) is 12. The Labute approximate surface area is 278 Å². The summed E-state index contributed by atoms with van der Waals surface area (Å²) in [5.74, 6) is -0.573. The molecule has 46 heavy (non-hydrogen) atoms. The van der Waals surface area contributed by atoms with Crippen LogP contribution in [0.1, 0.15) is 58.5 Å².